The van der Waals surface area contributed by atoms with Crippen LogP contribution in [0.1, 0.15) is 16.8 Å². The number of ether oxygens (including phenoxy) is 2. The Hall–Kier alpha value is -3.04. The first-order chi connectivity index (χ1) is 14.2. The number of carbonyl (C=O) groups is 1. The topological polar surface area (TPSA) is 89.5 Å². The fourth-order valence-corrected chi connectivity index (χ4v) is 3.56. The largest absolute Gasteiger partial charge is 0.484 e. The number of amides is 1. The summed E-state index contributed by atoms with van der Waals surface area (Å²) in [7, 11) is 0. The molecule has 1 saturated heterocycles. The van der Waals surface area contributed by atoms with E-state index in [1.54, 1.807) is 4.90 Å². The van der Waals surface area contributed by atoms with E-state index in [4.69, 9.17) is 9.47 Å². The predicted octanol–water partition coefficient (Wildman–Crippen LogP) is 2.96. The molecule has 1 N–H and O–H groups in total. The number of anilines is 2. The molecule has 3 aromatic rings. The molecule has 2 aromatic heterocycles. The Morgan fingerprint density at radius 3 is 2.90 bits per heavy atom. The third-order valence-corrected chi connectivity index (χ3v) is 5.14. The van der Waals surface area contributed by atoms with Crippen molar-refractivity contribution in [2.24, 2.45) is 0 Å². The first kappa shape index (κ1) is 19.3. The van der Waals surface area contributed by atoms with Gasteiger partial charge in [0.1, 0.15) is 22.7 Å². The average Bonchev–Trinajstić information content (AvgIpc) is 3.17. The van der Waals surface area contributed by atoms with Crippen molar-refractivity contribution in [1.29, 1.82) is 0 Å². The molecule has 9 heteroatoms. The molecule has 1 amide bonds. The number of carbonyl (C=O) groups excluding carboxylic acids is 1. The predicted molar refractivity (Wildman–Crippen MR) is 109 cm³/mol. The van der Waals surface area contributed by atoms with Gasteiger partial charge in [0.15, 0.2) is 6.61 Å². The molecule has 0 spiro atoms. The van der Waals surface area contributed by atoms with E-state index in [0.717, 1.165) is 10.7 Å². The summed E-state index contributed by atoms with van der Waals surface area (Å²) >= 11 is 1.46. The van der Waals surface area contributed by atoms with E-state index in [0.29, 0.717) is 36.4 Å². The standard InChI is InChI=1S/C20H21N5O3S/c1-14-23-24-20(29-14)22-18-9-5-8-16(21-18)17-12-25(10-11-27-17)19(26)13-28-15-6-3-2-4-7-15/h2-9,17H,10-13H2,1H3,(H,21,22,24)/t17-/m0/s1. The zero-order valence-corrected chi connectivity index (χ0v) is 16.8. The molecule has 8 nitrogen and oxygen atoms in total. The van der Waals surface area contributed by atoms with Crippen LogP contribution in [0.25, 0.3) is 0 Å². The number of pyridine rings is 1. The quantitative estimate of drug-likeness (QED) is 0.667. The average molecular weight is 411 g/mol. The Balaban J connectivity index is 1.37. The normalized spacial score (nSPS) is 16.4. The van der Waals surface area contributed by atoms with Gasteiger partial charge in [0.05, 0.1) is 18.8 Å². The number of hydrogen-bond donors (Lipinski definition) is 1. The van der Waals surface area contributed by atoms with E-state index in [2.05, 4.69) is 20.5 Å². The van der Waals surface area contributed by atoms with Crippen LogP contribution in [0.5, 0.6) is 5.75 Å². The molecule has 0 unspecified atom stereocenters. The van der Waals surface area contributed by atoms with Crippen molar-refractivity contribution in [1.82, 2.24) is 20.1 Å². The van der Waals surface area contributed by atoms with E-state index in [-0.39, 0.29) is 18.6 Å². The number of nitrogens with one attached hydrogen (secondary N) is 1. The minimum atomic E-state index is -0.290. The van der Waals surface area contributed by atoms with Gasteiger partial charge in [-0.3, -0.25) is 4.79 Å². The molecule has 0 bridgehead atoms. The van der Waals surface area contributed by atoms with Crippen molar-refractivity contribution in [2.45, 2.75) is 13.0 Å². The van der Waals surface area contributed by atoms with Crippen LogP contribution in [-0.2, 0) is 9.53 Å². The van der Waals surface area contributed by atoms with Crippen molar-refractivity contribution in [3.63, 3.8) is 0 Å². The molecule has 1 aromatic carbocycles. The number of aryl methyl sites for hydroxylation is 1. The first-order valence-electron chi connectivity index (χ1n) is 9.29. The molecule has 0 aliphatic carbocycles. The van der Waals surface area contributed by atoms with Gasteiger partial charge >= 0.3 is 0 Å². The number of morpholine rings is 1. The highest BCUT2D eigenvalue weighted by molar-refractivity contribution is 7.15. The second kappa shape index (κ2) is 8.97. The van der Waals surface area contributed by atoms with Gasteiger partial charge in [0.2, 0.25) is 5.13 Å². The highest BCUT2D eigenvalue weighted by Gasteiger charge is 2.26. The van der Waals surface area contributed by atoms with Crippen LogP contribution < -0.4 is 10.1 Å². The molecule has 1 aliphatic heterocycles. The number of hydrogen-bond acceptors (Lipinski definition) is 8. The van der Waals surface area contributed by atoms with Crippen molar-refractivity contribution < 1.29 is 14.3 Å². The first-order valence-corrected chi connectivity index (χ1v) is 10.1. The maximum Gasteiger partial charge on any atom is 0.260 e. The molecular weight excluding hydrogens is 390 g/mol. The Morgan fingerprint density at radius 2 is 2.10 bits per heavy atom. The van der Waals surface area contributed by atoms with Crippen molar-refractivity contribution >= 4 is 28.2 Å². The van der Waals surface area contributed by atoms with Crippen LogP contribution in [0, 0.1) is 6.92 Å². The fraction of sp³-hybridized carbons (Fsp3) is 0.300. The summed E-state index contributed by atoms with van der Waals surface area (Å²) in [6.07, 6.45) is -0.290. The highest BCUT2D eigenvalue weighted by atomic mass is 32.1. The summed E-state index contributed by atoms with van der Waals surface area (Å²) in [4.78, 5) is 18.9. The minimum absolute atomic E-state index is 0.00214. The molecular formula is C20H21N5O3S. The van der Waals surface area contributed by atoms with Crippen LogP contribution in [-0.4, -0.2) is 52.3 Å². The molecule has 0 saturated carbocycles. The van der Waals surface area contributed by atoms with E-state index < -0.39 is 0 Å². The lowest BCUT2D eigenvalue weighted by molar-refractivity contribution is -0.141. The second-order valence-corrected chi connectivity index (χ2v) is 7.68. The van der Waals surface area contributed by atoms with Crippen molar-refractivity contribution in [3.8, 4) is 5.75 Å². The summed E-state index contributed by atoms with van der Waals surface area (Å²) in [6.45, 7) is 3.33. The molecule has 1 aliphatic rings. The zero-order valence-electron chi connectivity index (χ0n) is 15.9. The molecule has 29 heavy (non-hydrogen) atoms. The number of nitrogens with zero attached hydrogens (tertiary/aromatic N) is 4. The van der Waals surface area contributed by atoms with E-state index >= 15 is 0 Å². The summed E-state index contributed by atoms with van der Waals surface area (Å²) in [6, 6.07) is 15.0. The number of benzene rings is 1. The van der Waals surface area contributed by atoms with Gasteiger partial charge in [-0.15, -0.1) is 10.2 Å². The second-order valence-electron chi connectivity index (χ2n) is 6.50. The van der Waals surface area contributed by atoms with Gasteiger partial charge in [-0.1, -0.05) is 35.6 Å². The number of rotatable bonds is 6. The summed E-state index contributed by atoms with van der Waals surface area (Å²) in [5.41, 5.74) is 0.762. The Bertz CT molecular complexity index is 966. The van der Waals surface area contributed by atoms with Gasteiger partial charge in [0.25, 0.3) is 5.91 Å². The van der Waals surface area contributed by atoms with Gasteiger partial charge in [-0.05, 0) is 31.2 Å². The van der Waals surface area contributed by atoms with Crippen molar-refractivity contribution in [3.05, 3.63) is 59.2 Å². The molecule has 3 heterocycles. The molecule has 0 radical (unpaired) electrons. The monoisotopic (exact) mass is 411 g/mol. The number of para-hydroxylation sites is 1. The molecule has 1 atom stereocenters. The lowest BCUT2D eigenvalue weighted by Gasteiger charge is -2.32. The molecule has 1 fully saturated rings. The third kappa shape index (κ3) is 5.07. The summed E-state index contributed by atoms with van der Waals surface area (Å²) in [5, 5.41) is 12.8. The third-order valence-electron chi connectivity index (χ3n) is 4.39. The Kier molecular flexibility index (Phi) is 5.97. The molecule has 150 valence electrons. The van der Waals surface area contributed by atoms with Gasteiger partial charge in [-0.25, -0.2) is 4.98 Å². The maximum absolute atomic E-state index is 12.6. The van der Waals surface area contributed by atoms with Crippen LogP contribution in [0.3, 0.4) is 0 Å². The Labute approximate surface area is 172 Å². The van der Waals surface area contributed by atoms with Gasteiger partial charge in [0, 0.05) is 6.54 Å². The van der Waals surface area contributed by atoms with E-state index in [1.807, 2.05) is 55.5 Å². The van der Waals surface area contributed by atoms with Gasteiger partial charge < -0.3 is 19.7 Å². The highest BCUT2D eigenvalue weighted by Crippen LogP contribution is 2.24. The fourth-order valence-electron chi connectivity index (χ4n) is 2.96. The Morgan fingerprint density at radius 1 is 1.24 bits per heavy atom. The van der Waals surface area contributed by atoms with Crippen molar-refractivity contribution in [2.75, 3.05) is 31.6 Å². The SMILES string of the molecule is Cc1nnc(Nc2cccc([C@@H]3CN(C(=O)COc4ccccc4)CCO3)n2)s1. The van der Waals surface area contributed by atoms with E-state index in [1.165, 1.54) is 11.3 Å². The number of aromatic nitrogens is 3. The smallest absolute Gasteiger partial charge is 0.260 e. The van der Waals surface area contributed by atoms with Crippen LogP contribution in [0.2, 0.25) is 0 Å². The van der Waals surface area contributed by atoms with Crippen LogP contribution in [0.4, 0.5) is 10.9 Å². The minimum Gasteiger partial charge on any atom is -0.484 e. The van der Waals surface area contributed by atoms with Gasteiger partial charge in [-0.2, -0.15) is 0 Å². The summed E-state index contributed by atoms with van der Waals surface area (Å²) < 4.78 is 11.4. The lowest BCUT2D eigenvalue weighted by atomic mass is 10.2. The maximum atomic E-state index is 12.6. The van der Waals surface area contributed by atoms with E-state index in [9.17, 15) is 4.79 Å². The van der Waals surface area contributed by atoms with Crippen LogP contribution in [0.15, 0.2) is 48.5 Å². The zero-order chi connectivity index (χ0) is 20.1. The molecule has 4 rings (SSSR count). The lowest BCUT2D eigenvalue weighted by Crippen LogP contribution is -2.44. The van der Waals surface area contributed by atoms with Crippen LogP contribution >= 0.6 is 11.3 Å². The summed E-state index contributed by atoms with van der Waals surface area (Å²) in [5.74, 6) is 1.27.